The summed E-state index contributed by atoms with van der Waals surface area (Å²) in [6.45, 7) is 7.14. The third-order valence-corrected chi connectivity index (χ3v) is 6.85. The molecule has 44 heavy (non-hydrogen) atoms. The molecule has 0 saturated heterocycles. The second kappa shape index (κ2) is 17.4. The van der Waals surface area contributed by atoms with Gasteiger partial charge in [0, 0.05) is 70.9 Å². The Kier molecular flexibility index (Phi) is 12.7. The Morgan fingerprint density at radius 2 is 1.55 bits per heavy atom. The normalized spacial score (nSPS) is 14.7. The first kappa shape index (κ1) is 32.2. The third kappa shape index (κ3) is 11.2. The Morgan fingerprint density at radius 1 is 0.886 bits per heavy atom. The Balaban J connectivity index is 1.39. The lowest BCUT2D eigenvalue weighted by Gasteiger charge is -2.31. The molecule has 230 valence electrons. The van der Waals surface area contributed by atoms with Crippen LogP contribution in [0.3, 0.4) is 0 Å². The molecule has 3 aromatic heterocycles. The average molecular weight is 597 g/mol. The number of nitrogens with one attached hydrogen (secondary N) is 3. The minimum Gasteiger partial charge on any atom is -0.390 e. The van der Waals surface area contributed by atoms with Crippen LogP contribution in [0.5, 0.6) is 0 Å². The highest BCUT2D eigenvalue weighted by Gasteiger charge is 2.20. The molecule has 0 bridgehead atoms. The first-order valence-electron chi connectivity index (χ1n) is 14.6. The first-order chi connectivity index (χ1) is 21.5. The van der Waals surface area contributed by atoms with Crippen molar-refractivity contribution in [2.45, 2.75) is 31.8 Å². The van der Waals surface area contributed by atoms with Crippen LogP contribution >= 0.6 is 0 Å². The molecule has 1 aliphatic heterocycles. The van der Waals surface area contributed by atoms with Gasteiger partial charge in [0.05, 0.1) is 34.8 Å². The van der Waals surface area contributed by atoms with Gasteiger partial charge in [-0.15, -0.1) is 0 Å². The molecule has 4 heterocycles. The summed E-state index contributed by atoms with van der Waals surface area (Å²) in [5.41, 5.74) is 3.00. The van der Waals surface area contributed by atoms with E-state index in [4.69, 9.17) is 0 Å². The molecule has 2 unspecified atom stereocenters. The van der Waals surface area contributed by atoms with Gasteiger partial charge in [-0.3, -0.25) is 34.3 Å². The molecule has 0 fully saturated rings. The molecule has 3 aromatic rings. The predicted molar refractivity (Wildman–Crippen MR) is 169 cm³/mol. The summed E-state index contributed by atoms with van der Waals surface area (Å²) in [6, 6.07) is 15.3. The molecule has 0 aromatic carbocycles. The summed E-state index contributed by atoms with van der Waals surface area (Å²) < 4.78 is 0. The zero-order valence-corrected chi connectivity index (χ0v) is 24.8. The van der Waals surface area contributed by atoms with Crippen LogP contribution in [-0.2, 0) is 24.4 Å². The van der Waals surface area contributed by atoms with Crippen LogP contribution in [0, 0.1) is 0 Å². The first-order valence-corrected chi connectivity index (χ1v) is 14.6. The number of rotatable bonds is 17. The lowest BCUT2D eigenvalue weighted by molar-refractivity contribution is -0.116. The van der Waals surface area contributed by atoms with Crippen LogP contribution in [0.2, 0.25) is 0 Å². The topological polar surface area (TPSA) is 136 Å². The third-order valence-electron chi connectivity index (χ3n) is 6.85. The summed E-state index contributed by atoms with van der Waals surface area (Å²) in [5.74, 6) is -0.564. The molecular weight excluding hydrogens is 556 g/mol. The molecule has 11 nitrogen and oxygen atoms in total. The van der Waals surface area contributed by atoms with Crippen molar-refractivity contribution in [2.75, 3.05) is 32.7 Å². The van der Waals surface area contributed by atoms with Gasteiger partial charge in [-0.05, 0) is 54.8 Å². The van der Waals surface area contributed by atoms with E-state index in [1.54, 1.807) is 18.5 Å². The second-order valence-electron chi connectivity index (χ2n) is 10.5. The fourth-order valence-electron chi connectivity index (χ4n) is 4.78. The number of allylic oxidation sites excluding steroid dienone is 2. The van der Waals surface area contributed by atoms with Crippen LogP contribution in [0.15, 0.2) is 104 Å². The molecule has 0 saturated carbocycles. The van der Waals surface area contributed by atoms with Gasteiger partial charge in [0.2, 0.25) is 5.91 Å². The van der Waals surface area contributed by atoms with Crippen LogP contribution in [0.4, 0.5) is 0 Å². The van der Waals surface area contributed by atoms with Gasteiger partial charge in [0.15, 0.2) is 0 Å². The lowest BCUT2D eigenvalue weighted by atomic mass is 10.1. The number of amides is 2. The summed E-state index contributed by atoms with van der Waals surface area (Å²) in [4.78, 5) is 41.6. The van der Waals surface area contributed by atoms with E-state index in [1.165, 1.54) is 12.3 Å². The average Bonchev–Trinajstić information content (AvgIpc) is 3.04. The number of aliphatic hydroxyl groups is 1. The smallest absolute Gasteiger partial charge is 0.252 e. The predicted octanol–water partition coefficient (Wildman–Crippen LogP) is 1.81. The van der Waals surface area contributed by atoms with Gasteiger partial charge in [-0.1, -0.05) is 30.9 Å². The fraction of sp³-hybridized carbons (Fsp3) is 0.303. The zero-order chi connectivity index (χ0) is 31.0. The molecule has 0 spiro atoms. The summed E-state index contributed by atoms with van der Waals surface area (Å²) in [7, 11) is 0. The van der Waals surface area contributed by atoms with Crippen molar-refractivity contribution in [1.29, 1.82) is 0 Å². The molecule has 2 atom stereocenters. The number of aromatic nitrogens is 3. The number of hydrogen-bond acceptors (Lipinski definition) is 9. The van der Waals surface area contributed by atoms with E-state index in [1.807, 2.05) is 60.8 Å². The number of carbonyl (C=O) groups excluding carboxylic acids is 2. The summed E-state index contributed by atoms with van der Waals surface area (Å²) >= 11 is 0. The van der Waals surface area contributed by atoms with Crippen molar-refractivity contribution in [2.24, 2.45) is 0 Å². The van der Waals surface area contributed by atoms with E-state index in [0.29, 0.717) is 51.4 Å². The summed E-state index contributed by atoms with van der Waals surface area (Å²) in [6.07, 6.45) is 13.6. The van der Waals surface area contributed by atoms with Crippen LogP contribution in [0.1, 0.15) is 27.4 Å². The molecule has 2 amide bonds. The van der Waals surface area contributed by atoms with Crippen LogP contribution in [0.25, 0.3) is 0 Å². The Bertz CT molecular complexity index is 1380. The maximum atomic E-state index is 12.5. The Labute approximate surface area is 258 Å². The van der Waals surface area contributed by atoms with E-state index in [0.717, 1.165) is 17.1 Å². The van der Waals surface area contributed by atoms with E-state index >= 15 is 0 Å². The fourth-order valence-corrected chi connectivity index (χ4v) is 4.78. The second-order valence-corrected chi connectivity index (χ2v) is 10.5. The van der Waals surface area contributed by atoms with Crippen molar-refractivity contribution in [3.8, 4) is 0 Å². The Hall–Kier alpha value is -4.71. The summed E-state index contributed by atoms with van der Waals surface area (Å²) in [5, 5.41) is 20.1. The van der Waals surface area contributed by atoms with Crippen molar-refractivity contribution >= 4 is 11.8 Å². The minimum atomic E-state index is -0.655. The van der Waals surface area contributed by atoms with E-state index in [9.17, 15) is 14.7 Å². The minimum absolute atomic E-state index is 0.131. The van der Waals surface area contributed by atoms with Gasteiger partial charge in [-0.25, -0.2) is 0 Å². The highest BCUT2D eigenvalue weighted by molar-refractivity contribution is 5.93. The van der Waals surface area contributed by atoms with Gasteiger partial charge in [0.25, 0.3) is 5.91 Å². The standard InChI is InChI=1S/C33H40N8O3/c1-2-32(43)37-17-18-38-33(44)26-12-13-30(39-19-26)23-41(22-29-11-5-8-16-36-29)25-31(42)24-40(20-27-9-3-6-14-34-27)21-28-10-4-7-15-35-28/h2-16,19,27,31,34,42H,1,17-18,20-25H2,(H,37,43)(H,38,44). The highest BCUT2D eigenvalue weighted by atomic mass is 16.3. The van der Waals surface area contributed by atoms with Gasteiger partial charge >= 0.3 is 0 Å². The van der Waals surface area contributed by atoms with E-state index in [2.05, 4.69) is 53.4 Å². The number of dihydropyridines is 1. The lowest BCUT2D eigenvalue weighted by Crippen LogP contribution is -2.44. The monoisotopic (exact) mass is 596 g/mol. The van der Waals surface area contributed by atoms with Crippen molar-refractivity contribution in [3.05, 3.63) is 127 Å². The maximum Gasteiger partial charge on any atom is 0.252 e. The van der Waals surface area contributed by atoms with Crippen molar-refractivity contribution in [1.82, 2.24) is 40.7 Å². The molecule has 1 aliphatic rings. The highest BCUT2D eigenvalue weighted by Crippen LogP contribution is 2.12. The van der Waals surface area contributed by atoms with Crippen LogP contribution < -0.4 is 16.0 Å². The van der Waals surface area contributed by atoms with Gasteiger partial charge in [-0.2, -0.15) is 0 Å². The SMILES string of the molecule is C=CC(=O)NCCNC(=O)c1ccc(CN(Cc2ccccn2)CC(O)CN(Cc2ccccn2)CC2C=CC=CN2)nc1. The number of nitrogens with zero attached hydrogens (tertiary/aromatic N) is 5. The molecule has 4 rings (SSSR count). The number of pyridine rings is 3. The largest absolute Gasteiger partial charge is 0.390 e. The van der Waals surface area contributed by atoms with E-state index in [-0.39, 0.29) is 24.4 Å². The van der Waals surface area contributed by atoms with Crippen molar-refractivity contribution < 1.29 is 14.7 Å². The Morgan fingerprint density at radius 3 is 2.14 bits per heavy atom. The molecule has 11 heteroatoms. The molecule has 0 radical (unpaired) electrons. The van der Waals surface area contributed by atoms with Crippen molar-refractivity contribution in [3.63, 3.8) is 0 Å². The van der Waals surface area contributed by atoms with E-state index < -0.39 is 6.10 Å². The molecule has 0 aliphatic carbocycles. The van der Waals surface area contributed by atoms with Crippen LogP contribution in [-0.4, -0.2) is 86.5 Å². The van der Waals surface area contributed by atoms with Gasteiger partial charge < -0.3 is 21.1 Å². The maximum absolute atomic E-state index is 12.5. The quantitative estimate of drug-likeness (QED) is 0.136. The molecular formula is C33H40N8O3. The number of hydrogen-bond donors (Lipinski definition) is 4. The number of aliphatic hydroxyl groups excluding tert-OH is 1. The zero-order valence-electron chi connectivity index (χ0n) is 24.8. The van der Waals surface area contributed by atoms with Gasteiger partial charge in [0.1, 0.15) is 0 Å². The number of carbonyl (C=O) groups is 2. The molecule has 4 N–H and O–H groups in total.